The maximum atomic E-state index is 13.3. The van der Waals surface area contributed by atoms with E-state index >= 15 is 0 Å². The van der Waals surface area contributed by atoms with Crippen LogP contribution in [0.3, 0.4) is 0 Å². The summed E-state index contributed by atoms with van der Waals surface area (Å²) in [5.41, 5.74) is 2.36. The molecule has 0 N–H and O–H groups in total. The van der Waals surface area contributed by atoms with Gasteiger partial charge in [-0.15, -0.1) is 5.10 Å². The summed E-state index contributed by atoms with van der Waals surface area (Å²) in [4.78, 5) is 17.1. The lowest BCUT2D eigenvalue weighted by atomic mass is 10.2. The molecule has 1 aliphatic rings. The minimum Gasteiger partial charge on any atom is -0.278 e. The number of rotatable bonds is 4. The average molecular weight is 436 g/mol. The van der Waals surface area contributed by atoms with Crippen molar-refractivity contribution in [2.75, 3.05) is 10.7 Å². The lowest BCUT2D eigenvalue weighted by Gasteiger charge is -2.30. The van der Waals surface area contributed by atoms with Crippen LogP contribution in [-0.2, 0) is 4.79 Å². The summed E-state index contributed by atoms with van der Waals surface area (Å²) >= 11 is 2.89. The molecule has 5 rings (SSSR count). The number of hydrogen-bond acceptors (Lipinski definition) is 6. The lowest BCUT2D eigenvalue weighted by molar-refractivity contribution is -0.115. The fraction of sp³-hybridized carbons (Fsp3) is 0.0476. The molecule has 0 atom stereocenters. The molecule has 148 valence electrons. The number of thioether (sulfide) groups is 1. The van der Waals surface area contributed by atoms with Crippen LogP contribution in [0.25, 0.3) is 5.69 Å². The molecule has 1 aromatic heterocycles. The van der Waals surface area contributed by atoms with E-state index in [-0.39, 0.29) is 17.5 Å². The summed E-state index contributed by atoms with van der Waals surface area (Å²) in [5, 5.41) is 12.1. The topological polar surface area (TPSA) is 63.9 Å². The van der Waals surface area contributed by atoms with E-state index in [4.69, 9.17) is 0 Å². The number of aromatic nitrogens is 4. The summed E-state index contributed by atoms with van der Waals surface area (Å²) in [6.07, 6.45) is 0. The van der Waals surface area contributed by atoms with Crippen molar-refractivity contribution in [2.45, 2.75) is 14.9 Å². The average Bonchev–Trinajstić information content (AvgIpc) is 3.25. The van der Waals surface area contributed by atoms with Crippen LogP contribution in [0.4, 0.5) is 15.8 Å². The number of fused-ring (bicyclic) bond motifs is 2. The first kappa shape index (κ1) is 18.8. The number of para-hydroxylation sites is 2. The van der Waals surface area contributed by atoms with Crippen molar-refractivity contribution in [1.29, 1.82) is 0 Å². The fourth-order valence-electron chi connectivity index (χ4n) is 3.18. The van der Waals surface area contributed by atoms with Gasteiger partial charge in [-0.3, -0.25) is 9.69 Å². The van der Waals surface area contributed by atoms with Crippen LogP contribution in [0.15, 0.2) is 87.7 Å². The van der Waals surface area contributed by atoms with Gasteiger partial charge in [0.1, 0.15) is 5.82 Å². The first-order chi connectivity index (χ1) is 14.7. The third kappa shape index (κ3) is 3.46. The van der Waals surface area contributed by atoms with E-state index in [9.17, 15) is 9.18 Å². The second-order valence-electron chi connectivity index (χ2n) is 6.41. The number of carbonyl (C=O) groups is 1. The maximum Gasteiger partial charge on any atom is 0.242 e. The first-order valence-electron chi connectivity index (χ1n) is 9.07. The summed E-state index contributed by atoms with van der Waals surface area (Å²) in [6, 6.07) is 21.6. The summed E-state index contributed by atoms with van der Waals surface area (Å²) in [5.74, 6) is -0.264. The molecular weight excluding hydrogens is 421 g/mol. The molecule has 0 spiro atoms. The highest BCUT2D eigenvalue weighted by Crippen LogP contribution is 2.48. The van der Waals surface area contributed by atoms with E-state index in [1.165, 1.54) is 28.6 Å². The van der Waals surface area contributed by atoms with Gasteiger partial charge in [-0.2, -0.15) is 4.68 Å². The predicted octanol–water partition coefficient (Wildman–Crippen LogP) is 4.72. The van der Waals surface area contributed by atoms with Crippen LogP contribution < -0.4 is 4.90 Å². The highest BCUT2D eigenvalue weighted by Gasteiger charge is 2.28. The molecule has 2 heterocycles. The number of hydrogen-bond donors (Lipinski definition) is 0. The third-order valence-electron chi connectivity index (χ3n) is 4.52. The van der Waals surface area contributed by atoms with Crippen molar-refractivity contribution in [1.82, 2.24) is 20.2 Å². The van der Waals surface area contributed by atoms with Crippen LogP contribution in [0.5, 0.6) is 0 Å². The molecule has 4 aromatic rings. The molecule has 0 bridgehead atoms. The minimum atomic E-state index is -0.337. The molecule has 0 fully saturated rings. The second kappa shape index (κ2) is 7.92. The molecule has 1 amide bonds. The Kier molecular flexibility index (Phi) is 4.97. The molecule has 6 nitrogen and oxygen atoms in total. The highest BCUT2D eigenvalue weighted by atomic mass is 32.2. The Hall–Kier alpha value is -3.17. The molecule has 1 aliphatic heterocycles. The fourth-order valence-corrected chi connectivity index (χ4v) is 4.98. The van der Waals surface area contributed by atoms with Gasteiger partial charge in [0.05, 0.1) is 22.8 Å². The molecule has 30 heavy (non-hydrogen) atoms. The Morgan fingerprint density at radius 3 is 2.23 bits per heavy atom. The van der Waals surface area contributed by atoms with Gasteiger partial charge < -0.3 is 0 Å². The van der Waals surface area contributed by atoms with E-state index in [1.807, 2.05) is 48.5 Å². The molecule has 9 heteroatoms. The van der Waals surface area contributed by atoms with E-state index in [1.54, 1.807) is 28.8 Å². The zero-order valence-electron chi connectivity index (χ0n) is 15.5. The monoisotopic (exact) mass is 435 g/mol. The Morgan fingerprint density at radius 2 is 1.57 bits per heavy atom. The van der Waals surface area contributed by atoms with Gasteiger partial charge in [0.15, 0.2) is 0 Å². The van der Waals surface area contributed by atoms with Gasteiger partial charge in [0.2, 0.25) is 11.1 Å². The molecule has 0 unspecified atom stereocenters. The van der Waals surface area contributed by atoms with Crippen LogP contribution >= 0.6 is 23.5 Å². The van der Waals surface area contributed by atoms with E-state index in [0.29, 0.717) is 10.8 Å². The Morgan fingerprint density at radius 1 is 0.933 bits per heavy atom. The number of amides is 1. The van der Waals surface area contributed by atoms with Crippen molar-refractivity contribution in [2.24, 2.45) is 0 Å². The third-order valence-corrected chi connectivity index (χ3v) is 6.55. The minimum absolute atomic E-state index is 0.0751. The van der Waals surface area contributed by atoms with Crippen LogP contribution in [-0.4, -0.2) is 31.9 Å². The van der Waals surface area contributed by atoms with Crippen molar-refractivity contribution in [3.8, 4) is 5.69 Å². The molecule has 3 aromatic carbocycles. The molecule has 0 saturated carbocycles. The van der Waals surface area contributed by atoms with Crippen molar-refractivity contribution >= 4 is 40.8 Å². The van der Waals surface area contributed by atoms with Gasteiger partial charge >= 0.3 is 0 Å². The Balaban J connectivity index is 1.41. The van der Waals surface area contributed by atoms with Gasteiger partial charge in [-0.05, 0) is 59.0 Å². The van der Waals surface area contributed by atoms with Crippen molar-refractivity contribution < 1.29 is 9.18 Å². The molecule has 0 aliphatic carbocycles. The SMILES string of the molecule is O=C(CSc1nnnn1-c1ccc(F)cc1)N1c2ccccc2Sc2ccccc21. The van der Waals surface area contributed by atoms with Gasteiger partial charge in [0.25, 0.3) is 0 Å². The highest BCUT2D eigenvalue weighted by molar-refractivity contribution is 8.00. The predicted molar refractivity (Wildman–Crippen MR) is 114 cm³/mol. The second-order valence-corrected chi connectivity index (χ2v) is 8.43. The number of anilines is 2. The number of benzene rings is 3. The standard InChI is InChI=1S/C21H14FN5OS2/c22-14-9-11-15(12-10-14)27-21(23-24-25-27)29-13-20(28)26-16-5-1-3-7-18(16)30-19-8-4-2-6-17(19)26/h1-12H,13H2. The number of carbonyl (C=O) groups excluding carboxylic acids is 1. The van der Waals surface area contributed by atoms with Gasteiger partial charge in [0, 0.05) is 9.79 Å². The van der Waals surface area contributed by atoms with E-state index < -0.39 is 0 Å². The van der Waals surface area contributed by atoms with Crippen LogP contribution in [0.1, 0.15) is 0 Å². The largest absolute Gasteiger partial charge is 0.278 e. The number of nitrogens with zero attached hydrogens (tertiary/aromatic N) is 5. The Bertz CT molecular complexity index is 1180. The van der Waals surface area contributed by atoms with Crippen LogP contribution in [0.2, 0.25) is 0 Å². The van der Waals surface area contributed by atoms with Gasteiger partial charge in [-0.25, -0.2) is 4.39 Å². The number of tetrazole rings is 1. The van der Waals surface area contributed by atoms with Crippen molar-refractivity contribution in [3.05, 3.63) is 78.6 Å². The van der Waals surface area contributed by atoms with Crippen LogP contribution in [0, 0.1) is 5.82 Å². The lowest BCUT2D eigenvalue weighted by Crippen LogP contribution is -2.30. The summed E-state index contributed by atoms with van der Waals surface area (Å²) < 4.78 is 14.7. The zero-order chi connectivity index (χ0) is 20.5. The van der Waals surface area contributed by atoms with E-state index in [0.717, 1.165) is 21.2 Å². The normalized spacial score (nSPS) is 12.4. The molecule has 0 radical (unpaired) electrons. The molecular formula is C21H14FN5OS2. The van der Waals surface area contributed by atoms with Crippen molar-refractivity contribution in [3.63, 3.8) is 0 Å². The Labute approximate surface area is 180 Å². The number of halogens is 1. The summed E-state index contributed by atoms with van der Waals surface area (Å²) in [7, 11) is 0. The van der Waals surface area contributed by atoms with E-state index in [2.05, 4.69) is 15.5 Å². The van der Waals surface area contributed by atoms with Gasteiger partial charge in [-0.1, -0.05) is 47.8 Å². The quantitative estimate of drug-likeness (QED) is 0.432. The summed E-state index contributed by atoms with van der Waals surface area (Å²) in [6.45, 7) is 0. The zero-order valence-corrected chi connectivity index (χ0v) is 17.1. The first-order valence-corrected chi connectivity index (χ1v) is 10.9. The molecule has 0 saturated heterocycles. The maximum absolute atomic E-state index is 13.3. The smallest absolute Gasteiger partial charge is 0.242 e.